The molecule has 2 aromatic carbocycles. The van der Waals surface area contributed by atoms with Crippen LogP contribution in [0, 0.1) is 0 Å². The summed E-state index contributed by atoms with van der Waals surface area (Å²) in [6.07, 6.45) is 14.5. The number of benzene rings is 2. The highest BCUT2D eigenvalue weighted by Gasteiger charge is 2.27. The van der Waals surface area contributed by atoms with Crippen molar-refractivity contribution in [2.24, 2.45) is 0 Å². The van der Waals surface area contributed by atoms with E-state index in [9.17, 15) is 9.18 Å². The Bertz CT molecular complexity index is 866. The zero-order valence-corrected chi connectivity index (χ0v) is 22.7. The monoisotopic (exact) mass is 494 g/mol. The smallest absolute Gasteiger partial charge is 0.340 e. The van der Waals surface area contributed by atoms with E-state index in [1.165, 1.54) is 73.6 Å². The summed E-state index contributed by atoms with van der Waals surface area (Å²) in [5.41, 5.74) is 5.31. The van der Waals surface area contributed by atoms with Crippen LogP contribution >= 0.6 is 0 Å². The first-order chi connectivity index (χ1) is 17.6. The van der Waals surface area contributed by atoms with E-state index in [0.29, 0.717) is 5.92 Å². The molecule has 1 atom stereocenters. The molecule has 0 heterocycles. The van der Waals surface area contributed by atoms with E-state index in [0.717, 1.165) is 38.5 Å². The maximum absolute atomic E-state index is 13.9. The quantitative estimate of drug-likeness (QED) is 0.182. The number of hydrogen-bond donors (Lipinski definition) is 0. The molecule has 0 radical (unpaired) electrons. The zero-order chi connectivity index (χ0) is 25.6. The normalized spacial score (nSPS) is 18.6. The molecule has 1 fully saturated rings. The van der Waals surface area contributed by atoms with Crippen molar-refractivity contribution in [3.05, 3.63) is 59.7 Å². The van der Waals surface area contributed by atoms with Gasteiger partial charge in [0.15, 0.2) is 6.17 Å². The van der Waals surface area contributed by atoms with Gasteiger partial charge >= 0.3 is 5.97 Å². The van der Waals surface area contributed by atoms with Crippen LogP contribution in [0.5, 0.6) is 0 Å². The molecule has 1 saturated carbocycles. The lowest BCUT2D eigenvalue weighted by molar-refractivity contribution is -0.157. The molecule has 2 aromatic rings. The average Bonchev–Trinajstić information content (AvgIpc) is 2.92. The predicted octanol–water partition coefficient (Wildman–Crippen LogP) is 9.74. The molecular formula is C33H47FO2. The van der Waals surface area contributed by atoms with Crippen LogP contribution in [-0.2, 0) is 16.0 Å². The molecule has 0 aromatic heterocycles. The number of hydrogen-bond acceptors (Lipinski definition) is 2. The Hall–Kier alpha value is -2.16. The molecule has 3 rings (SSSR count). The average molecular weight is 495 g/mol. The van der Waals surface area contributed by atoms with Gasteiger partial charge in [0.25, 0.3) is 0 Å². The Balaban J connectivity index is 1.40. The van der Waals surface area contributed by atoms with Gasteiger partial charge in [0, 0.05) is 0 Å². The van der Waals surface area contributed by atoms with Gasteiger partial charge in [0.1, 0.15) is 6.10 Å². The van der Waals surface area contributed by atoms with Crippen molar-refractivity contribution in [1.29, 1.82) is 0 Å². The fourth-order valence-electron chi connectivity index (χ4n) is 5.35. The Kier molecular flexibility index (Phi) is 12.5. The van der Waals surface area contributed by atoms with Gasteiger partial charge in [-0.25, -0.2) is 9.18 Å². The van der Waals surface area contributed by atoms with Crippen LogP contribution in [0.4, 0.5) is 4.39 Å². The summed E-state index contributed by atoms with van der Waals surface area (Å²) in [5, 5.41) is 0. The summed E-state index contributed by atoms with van der Waals surface area (Å²) in [7, 11) is 0. The first-order valence-corrected chi connectivity index (χ1v) is 14.6. The van der Waals surface area contributed by atoms with Crippen molar-refractivity contribution in [2.75, 3.05) is 0 Å². The molecule has 0 saturated heterocycles. The van der Waals surface area contributed by atoms with Gasteiger partial charge in [-0.2, -0.15) is 0 Å². The van der Waals surface area contributed by atoms with Crippen molar-refractivity contribution in [2.45, 2.75) is 128 Å². The van der Waals surface area contributed by atoms with Crippen LogP contribution in [0.3, 0.4) is 0 Å². The predicted molar refractivity (Wildman–Crippen MR) is 149 cm³/mol. The summed E-state index contributed by atoms with van der Waals surface area (Å²) in [4.78, 5) is 12.0. The van der Waals surface area contributed by atoms with Gasteiger partial charge in [-0.05, 0) is 73.1 Å². The highest BCUT2D eigenvalue weighted by molar-refractivity contribution is 5.74. The summed E-state index contributed by atoms with van der Waals surface area (Å²) in [6.45, 7) is 4.27. The van der Waals surface area contributed by atoms with Gasteiger partial charge in [-0.1, -0.05) is 114 Å². The number of ether oxygens (including phenoxy) is 1. The summed E-state index contributed by atoms with van der Waals surface area (Å²) in [6, 6.07) is 18.0. The molecule has 3 heteroatoms. The third-order valence-electron chi connectivity index (χ3n) is 7.76. The third kappa shape index (κ3) is 9.37. The third-order valence-corrected chi connectivity index (χ3v) is 7.76. The fourth-order valence-corrected chi connectivity index (χ4v) is 5.35. The number of esters is 1. The van der Waals surface area contributed by atoms with E-state index in [4.69, 9.17) is 4.74 Å². The molecule has 2 nitrogen and oxygen atoms in total. The van der Waals surface area contributed by atoms with Gasteiger partial charge in [-0.15, -0.1) is 0 Å². The second-order valence-corrected chi connectivity index (χ2v) is 10.7. The molecule has 0 bridgehead atoms. The molecule has 198 valence electrons. The number of alkyl halides is 1. The van der Waals surface area contributed by atoms with Gasteiger partial charge < -0.3 is 4.74 Å². The van der Waals surface area contributed by atoms with Gasteiger partial charge in [-0.3, -0.25) is 0 Å². The van der Waals surface area contributed by atoms with E-state index in [1.807, 2.05) is 6.92 Å². The lowest BCUT2D eigenvalue weighted by Gasteiger charge is -2.29. The van der Waals surface area contributed by atoms with E-state index < -0.39 is 12.1 Å². The maximum Gasteiger partial charge on any atom is 0.340 e. The number of unbranched alkanes of at least 4 members (excludes halogenated alkanes) is 7. The van der Waals surface area contributed by atoms with Crippen molar-refractivity contribution in [1.82, 2.24) is 0 Å². The molecule has 1 aliphatic rings. The largest absolute Gasteiger partial charge is 0.460 e. The first kappa shape index (κ1) is 28.4. The number of carbonyl (C=O) groups excluding carboxylic acids is 1. The molecular weight excluding hydrogens is 447 g/mol. The number of halogens is 1. The minimum absolute atomic E-state index is 0.132. The molecule has 0 N–H and O–H groups in total. The van der Waals surface area contributed by atoms with E-state index >= 15 is 0 Å². The van der Waals surface area contributed by atoms with Crippen LogP contribution < -0.4 is 0 Å². The molecule has 0 spiro atoms. The van der Waals surface area contributed by atoms with Crippen molar-refractivity contribution in [3.63, 3.8) is 0 Å². The van der Waals surface area contributed by atoms with Crippen molar-refractivity contribution in [3.8, 4) is 11.1 Å². The Labute approximate surface area is 219 Å². The van der Waals surface area contributed by atoms with Crippen molar-refractivity contribution < 1.29 is 13.9 Å². The van der Waals surface area contributed by atoms with Gasteiger partial charge in [0.2, 0.25) is 0 Å². The summed E-state index contributed by atoms with van der Waals surface area (Å²) < 4.78 is 19.4. The SMILES string of the molecule is CCCCCCCCCc1ccc(-c2ccc([C@H]3CC[C@H](OC(=O)[C@@H](F)CCCC)CC3)cc2)cc1. The highest BCUT2D eigenvalue weighted by atomic mass is 19.1. The number of carbonyl (C=O) groups is 1. The zero-order valence-electron chi connectivity index (χ0n) is 22.7. The Morgan fingerprint density at radius 2 is 1.33 bits per heavy atom. The molecule has 1 aliphatic carbocycles. The minimum atomic E-state index is -1.47. The Morgan fingerprint density at radius 1 is 0.778 bits per heavy atom. The van der Waals surface area contributed by atoms with Crippen LogP contribution in [0.25, 0.3) is 11.1 Å². The molecule has 0 unspecified atom stereocenters. The second-order valence-electron chi connectivity index (χ2n) is 10.7. The maximum atomic E-state index is 13.9. The lowest BCUT2D eigenvalue weighted by Crippen LogP contribution is -2.28. The fraction of sp³-hybridized carbons (Fsp3) is 0.606. The summed E-state index contributed by atoms with van der Waals surface area (Å²) in [5.74, 6) is -0.177. The Morgan fingerprint density at radius 3 is 1.94 bits per heavy atom. The number of aryl methyl sites for hydroxylation is 1. The standard InChI is InChI=1S/C33H47FO2/c1-3-5-7-8-9-10-11-12-26-14-16-27(17-15-26)28-18-20-29(21-19-28)30-22-24-31(25-23-30)36-33(35)32(34)13-6-4-2/h14-21,30-32H,3-13,22-25H2,1-2H3/t30-,31-,32-/m0/s1. The lowest BCUT2D eigenvalue weighted by atomic mass is 9.82. The topological polar surface area (TPSA) is 26.3 Å². The number of rotatable bonds is 15. The van der Waals surface area contributed by atoms with Crippen LogP contribution in [0.2, 0.25) is 0 Å². The van der Waals surface area contributed by atoms with Crippen LogP contribution in [-0.4, -0.2) is 18.2 Å². The second kappa shape index (κ2) is 15.8. The highest BCUT2D eigenvalue weighted by Crippen LogP contribution is 2.35. The van der Waals surface area contributed by atoms with E-state index in [1.54, 1.807) is 0 Å². The van der Waals surface area contributed by atoms with E-state index in [2.05, 4.69) is 55.5 Å². The van der Waals surface area contributed by atoms with Gasteiger partial charge in [0.05, 0.1) is 0 Å². The minimum Gasteiger partial charge on any atom is -0.460 e. The van der Waals surface area contributed by atoms with Crippen LogP contribution in [0.1, 0.15) is 121 Å². The molecule has 0 amide bonds. The van der Waals surface area contributed by atoms with Crippen LogP contribution in [0.15, 0.2) is 48.5 Å². The van der Waals surface area contributed by atoms with Crippen molar-refractivity contribution >= 4 is 5.97 Å². The van der Waals surface area contributed by atoms with E-state index in [-0.39, 0.29) is 12.5 Å². The molecule has 0 aliphatic heterocycles. The molecule has 36 heavy (non-hydrogen) atoms. The first-order valence-electron chi connectivity index (χ1n) is 14.6. The summed E-state index contributed by atoms with van der Waals surface area (Å²) >= 11 is 0.